The van der Waals surface area contributed by atoms with Gasteiger partial charge < -0.3 is 10.4 Å². The number of nitrogens with one attached hydrogen (secondary N) is 1. The van der Waals surface area contributed by atoms with E-state index in [4.69, 9.17) is 0 Å². The number of carbonyl (C=O) groups is 1. The molecular formula is C19H23N3O2. The van der Waals surface area contributed by atoms with Crippen molar-refractivity contribution >= 4 is 5.91 Å². The molecule has 1 aromatic carbocycles. The predicted octanol–water partition coefficient (Wildman–Crippen LogP) is 1.61. The van der Waals surface area contributed by atoms with E-state index in [1.807, 2.05) is 31.2 Å². The molecular weight excluding hydrogens is 302 g/mol. The van der Waals surface area contributed by atoms with Gasteiger partial charge in [-0.3, -0.25) is 14.7 Å². The van der Waals surface area contributed by atoms with Crippen molar-refractivity contribution in [2.75, 3.05) is 19.7 Å². The third kappa shape index (κ3) is 3.99. The summed E-state index contributed by atoms with van der Waals surface area (Å²) in [6.07, 6.45) is 3.30. The highest BCUT2D eigenvalue weighted by Crippen LogP contribution is 2.19. The molecule has 5 heteroatoms. The van der Waals surface area contributed by atoms with E-state index in [9.17, 15) is 9.90 Å². The first kappa shape index (κ1) is 16.6. The van der Waals surface area contributed by atoms with Crippen LogP contribution in [0.4, 0.5) is 0 Å². The van der Waals surface area contributed by atoms with Crippen molar-refractivity contribution in [1.82, 2.24) is 15.2 Å². The summed E-state index contributed by atoms with van der Waals surface area (Å²) >= 11 is 0. The van der Waals surface area contributed by atoms with E-state index in [0.717, 1.165) is 25.2 Å². The highest BCUT2D eigenvalue weighted by Gasteiger charge is 2.33. The molecule has 0 radical (unpaired) electrons. The Hall–Kier alpha value is -2.24. The molecule has 1 aliphatic heterocycles. The van der Waals surface area contributed by atoms with Crippen molar-refractivity contribution in [3.63, 3.8) is 0 Å². The minimum Gasteiger partial charge on any atom is -0.396 e. The molecule has 2 atom stereocenters. The highest BCUT2D eigenvalue weighted by molar-refractivity contribution is 5.94. The maximum Gasteiger partial charge on any atom is 0.253 e. The molecule has 3 rings (SSSR count). The van der Waals surface area contributed by atoms with Gasteiger partial charge in [0.15, 0.2) is 0 Å². The van der Waals surface area contributed by atoms with E-state index >= 15 is 0 Å². The quantitative estimate of drug-likeness (QED) is 0.877. The number of carbonyl (C=O) groups excluding carboxylic acids is 1. The summed E-state index contributed by atoms with van der Waals surface area (Å²) in [6.45, 7) is 4.34. The molecule has 126 valence electrons. The molecule has 1 aliphatic rings. The van der Waals surface area contributed by atoms with Crippen LogP contribution in [0.15, 0.2) is 48.8 Å². The lowest BCUT2D eigenvalue weighted by molar-refractivity contribution is 0.0920. The van der Waals surface area contributed by atoms with Crippen molar-refractivity contribution in [2.45, 2.75) is 19.5 Å². The Kier molecular flexibility index (Phi) is 5.23. The number of nitrogens with zero attached hydrogens (tertiary/aromatic N) is 2. The van der Waals surface area contributed by atoms with E-state index in [-0.39, 0.29) is 24.5 Å². The van der Waals surface area contributed by atoms with Gasteiger partial charge in [0.1, 0.15) is 0 Å². The summed E-state index contributed by atoms with van der Waals surface area (Å²) in [5, 5.41) is 12.7. The van der Waals surface area contributed by atoms with Gasteiger partial charge in [-0.1, -0.05) is 30.3 Å². The summed E-state index contributed by atoms with van der Waals surface area (Å²) in [6, 6.07) is 12.0. The lowest BCUT2D eigenvalue weighted by Gasteiger charge is -2.18. The first-order chi connectivity index (χ1) is 11.7. The number of aryl methyl sites for hydroxylation is 1. The SMILES string of the molecule is Cc1cncc(C(=O)N[C@@H]2CN(Cc3ccccc3)C[C@H]2CO)c1. The topological polar surface area (TPSA) is 65.5 Å². The third-order valence-corrected chi connectivity index (χ3v) is 4.45. The smallest absolute Gasteiger partial charge is 0.253 e. The molecule has 0 unspecified atom stereocenters. The van der Waals surface area contributed by atoms with Gasteiger partial charge >= 0.3 is 0 Å². The number of aliphatic hydroxyl groups is 1. The summed E-state index contributed by atoms with van der Waals surface area (Å²) < 4.78 is 0. The Bertz CT molecular complexity index is 690. The van der Waals surface area contributed by atoms with Gasteiger partial charge in [-0.15, -0.1) is 0 Å². The summed E-state index contributed by atoms with van der Waals surface area (Å²) in [7, 11) is 0. The number of aromatic nitrogens is 1. The maximum atomic E-state index is 12.4. The molecule has 5 nitrogen and oxygen atoms in total. The number of amides is 1. The van der Waals surface area contributed by atoms with Gasteiger partial charge in [0, 0.05) is 50.6 Å². The Morgan fingerprint density at radius 1 is 1.29 bits per heavy atom. The Morgan fingerprint density at radius 3 is 2.79 bits per heavy atom. The molecule has 0 bridgehead atoms. The standard InChI is InChI=1S/C19H23N3O2/c1-14-7-16(9-20-8-14)19(24)21-18-12-22(11-17(18)13-23)10-15-5-3-2-4-6-15/h2-9,17-18,23H,10-13H2,1H3,(H,21,24)/t17-,18+/m0/s1. The van der Waals surface area contributed by atoms with Crippen molar-refractivity contribution in [3.8, 4) is 0 Å². The van der Waals surface area contributed by atoms with E-state index in [1.54, 1.807) is 12.4 Å². The van der Waals surface area contributed by atoms with Crippen LogP contribution in [0.1, 0.15) is 21.5 Å². The van der Waals surface area contributed by atoms with Crippen LogP contribution in [0.2, 0.25) is 0 Å². The Labute approximate surface area is 142 Å². The number of pyridine rings is 1. The van der Waals surface area contributed by atoms with Crippen LogP contribution < -0.4 is 5.32 Å². The molecule has 0 aliphatic carbocycles. The van der Waals surface area contributed by atoms with Gasteiger partial charge in [-0.25, -0.2) is 0 Å². The van der Waals surface area contributed by atoms with Crippen LogP contribution in [-0.4, -0.2) is 46.6 Å². The monoisotopic (exact) mass is 325 g/mol. The first-order valence-electron chi connectivity index (χ1n) is 8.25. The van der Waals surface area contributed by atoms with E-state index in [1.165, 1.54) is 5.56 Å². The van der Waals surface area contributed by atoms with Crippen molar-refractivity contribution < 1.29 is 9.90 Å². The average Bonchev–Trinajstić information content (AvgIpc) is 2.97. The summed E-state index contributed by atoms with van der Waals surface area (Å²) in [5.41, 5.74) is 2.76. The molecule has 2 heterocycles. The average molecular weight is 325 g/mol. The van der Waals surface area contributed by atoms with E-state index in [0.29, 0.717) is 5.56 Å². The second-order valence-electron chi connectivity index (χ2n) is 6.45. The normalized spacial score (nSPS) is 20.9. The zero-order chi connectivity index (χ0) is 16.9. The van der Waals surface area contributed by atoms with Crippen LogP contribution in [0.25, 0.3) is 0 Å². The fourth-order valence-electron chi connectivity index (χ4n) is 3.21. The highest BCUT2D eigenvalue weighted by atomic mass is 16.3. The fraction of sp³-hybridized carbons (Fsp3) is 0.368. The minimum absolute atomic E-state index is 0.0493. The molecule has 2 aromatic rings. The van der Waals surface area contributed by atoms with Gasteiger partial charge in [-0.2, -0.15) is 0 Å². The molecule has 1 amide bonds. The predicted molar refractivity (Wildman–Crippen MR) is 92.5 cm³/mol. The molecule has 2 N–H and O–H groups in total. The summed E-state index contributed by atoms with van der Waals surface area (Å²) in [5.74, 6) is -0.0772. The molecule has 1 fully saturated rings. The van der Waals surface area contributed by atoms with Gasteiger partial charge in [0.2, 0.25) is 0 Å². The van der Waals surface area contributed by atoms with Crippen molar-refractivity contribution in [3.05, 3.63) is 65.5 Å². The Balaban J connectivity index is 1.63. The molecule has 0 spiro atoms. The van der Waals surface area contributed by atoms with Crippen molar-refractivity contribution in [2.24, 2.45) is 5.92 Å². The number of hydrogen-bond donors (Lipinski definition) is 2. The van der Waals surface area contributed by atoms with Crippen LogP contribution >= 0.6 is 0 Å². The second-order valence-corrected chi connectivity index (χ2v) is 6.45. The maximum absolute atomic E-state index is 12.4. The van der Waals surface area contributed by atoms with Gasteiger partial charge in [0.05, 0.1) is 5.56 Å². The number of aliphatic hydroxyl groups excluding tert-OH is 1. The van der Waals surface area contributed by atoms with Crippen LogP contribution in [0.3, 0.4) is 0 Å². The van der Waals surface area contributed by atoms with Crippen LogP contribution in [-0.2, 0) is 6.54 Å². The minimum atomic E-state index is -0.129. The zero-order valence-electron chi connectivity index (χ0n) is 13.9. The lowest BCUT2D eigenvalue weighted by Crippen LogP contribution is -2.41. The molecule has 1 aromatic heterocycles. The zero-order valence-corrected chi connectivity index (χ0v) is 13.9. The number of hydrogen-bond acceptors (Lipinski definition) is 4. The van der Waals surface area contributed by atoms with Gasteiger partial charge in [-0.05, 0) is 24.1 Å². The molecule has 0 saturated carbocycles. The molecule has 24 heavy (non-hydrogen) atoms. The van der Waals surface area contributed by atoms with Crippen molar-refractivity contribution in [1.29, 1.82) is 0 Å². The van der Waals surface area contributed by atoms with Gasteiger partial charge in [0.25, 0.3) is 5.91 Å². The van der Waals surface area contributed by atoms with E-state index in [2.05, 4.69) is 27.3 Å². The number of benzene rings is 1. The largest absolute Gasteiger partial charge is 0.396 e. The lowest BCUT2D eigenvalue weighted by atomic mass is 10.0. The van der Waals surface area contributed by atoms with Crippen LogP contribution in [0.5, 0.6) is 0 Å². The second kappa shape index (κ2) is 7.55. The first-order valence-corrected chi connectivity index (χ1v) is 8.25. The summed E-state index contributed by atoms with van der Waals surface area (Å²) in [4.78, 5) is 18.8. The number of rotatable bonds is 5. The van der Waals surface area contributed by atoms with E-state index < -0.39 is 0 Å². The fourth-order valence-corrected chi connectivity index (χ4v) is 3.21. The molecule has 1 saturated heterocycles. The van der Waals surface area contributed by atoms with Crippen LogP contribution in [0, 0.1) is 12.8 Å². The Morgan fingerprint density at radius 2 is 2.08 bits per heavy atom. The number of likely N-dealkylation sites (tertiary alicyclic amines) is 1. The third-order valence-electron chi connectivity index (χ3n) is 4.45.